The molecule has 0 unspecified atom stereocenters. The number of H-pyrrole nitrogens is 1. The van der Waals surface area contributed by atoms with E-state index in [1.165, 1.54) is 0 Å². The van der Waals surface area contributed by atoms with Crippen molar-refractivity contribution in [3.63, 3.8) is 0 Å². The van der Waals surface area contributed by atoms with Crippen LogP contribution in [0.25, 0.3) is 0 Å². The number of aromatic nitrogens is 2. The van der Waals surface area contributed by atoms with Gasteiger partial charge in [-0.25, -0.2) is 8.78 Å². The molecule has 0 aliphatic carbocycles. The van der Waals surface area contributed by atoms with Crippen molar-refractivity contribution >= 4 is 5.69 Å². The number of nitrogens with one attached hydrogen (secondary N) is 2. The fourth-order valence-corrected chi connectivity index (χ4v) is 1.72. The van der Waals surface area contributed by atoms with Crippen LogP contribution >= 0.6 is 0 Å². The first-order chi connectivity index (χ1) is 8.49. The van der Waals surface area contributed by atoms with Crippen LogP contribution in [0, 0.1) is 25.5 Å². The number of phenols is 1. The Balaban J connectivity index is 2.16. The van der Waals surface area contributed by atoms with Crippen LogP contribution in [0.3, 0.4) is 0 Å². The number of halogens is 2. The van der Waals surface area contributed by atoms with Gasteiger partial charge in [0.25, 0.3) is 0 Å². The van der Waals surface area contributed by atoms with Crippen molar-refractivity contribution < 1.29 is 13.9 Å². The van der Waals surface area contributed by atoms with E-state index in [9.17, 15) is 8.78 Å². The second-order valence-corrected chi connectivity index (χ2v) is 4.07. The fraction of sp³-hybridized carbons (Fsp3) is 0.250. The molecule has 2 rings (SSSR count). The van der Waals surface area contributed by atoms with Gasteiger partial charge in [-0.2, -0.15) is 5.10 Å². The average Bonchev–Trinajstić information content (AvgIpc) is 2.63. The molecule has 3 N–H and O–H groups in total. The Labute approximate surface area is 103 Å². The Bertz CT molecular complexity index is 538. The van der Waals surface area contributed by atoms with Crippen molar-refractivity contribution in [3.05, 3.63) is 40.7 Å². The molecule has 0 bridgehead atoms. The van der Waals surface area contributed by atoms with Gasteiger partial charge in [0.15, 0.2) is 17.4 Å². The second kappa shape index (κ2) is 4.64. The number of hydrogen-bond donors (Lipinski definition) is 3. The van der Waals surface area contributed by atoms with E-state index in [1.54, 1.807) is 0 Å². The summed E-state index contributed by atoms with van der Waals surface area (Å²) in [4.78, 5) is 0. The number of aromatic amines is 1. The van der Waals surface area contributed by atoms with Gasteiger partial charge in [-0.05, 0) is 31.5 Å². The van der Waals surface area contributed by atoms with Gasteiger partial charge in [-0.3, -0.25) is 5.10 Å². The maximum absolute atomic E-state index is 13.1. The molecule has 0 atom stereocenters. The molecule has 0 saturated carbocycles. The first kappa shape index (κ1) is 12.3. The minimum atomic E-state index is -0.965. The summed E-state index contributed by atoms with van der Waals surface area (Å²) in [5, 5.41) is 18.8. The lowest BCUT2D eigenvalue weighted by molar-refractivity contribution is 0.395. The summed E-state index contributed by atoms with van der Waals surface area (Å²) in [6, 6.07) is 2.19. The predicted molar refractivity (Wildman–Crippen MR) is 63.4 cm³/mol. The molecule has 1 aromatic heterocycles. The number of aryl methyl sites for hydroxylation is 2. The Morgan fingerprint density at radius 3 is 2.39 bits per heavy atom. The van der Waals surface area contributed by atoms with Crippen molar-refractivity contribution in [1.82, 2.24) is 10.2 Å². The van der Waals surface area contributed by atoms with E-state index in [4.69, 9.17) is 5.11 Å². The lowest BCUT2D eigenvalue weighted by Gasteiger charge is -2.07. The van der Waals surface area contributed by atoms with Crippen LogP contribution in [-0.4, -0.2) is 15.3 Å². The van der Waals surface area contributed by atoms with Crippen molar-refractivity contribution in [2.75, 3.05) is 5.32 Å². The summed E-state index contributed by atoms with van der Waals surface area (Å²) in [6.07, 6.45) is 0. The van der Waals surface area contributed by atoms with Crippen molar-refractivity contribution in [1.29, 1.82) is 0 Å². The van der Waals surface area contributed by atoms with Crippen LogP contribution in [0.1, 0.15) is 17.0 Å². The molecule has 0 radical (unpaired) electrons. The van der Waals surface area contributed by atoms with Gasteiger partial charge in [-0.1, -0.05) is 0 Å². The third kappa shape index (κ3) is 2.27. The molecule has 18 heavy (non-hydrogen) atoms. The molecule has 0 aliphatic heterocycles. The molecule has 1 aromatic carbocycles. The Kier molecular flexibility index (Phi) is 3.18. The molecule has 1 heterocycles. The summed E-state index contributed by atoms with van der Waals surface area (Å²) in [6.45, 7) is 3.92. The summed E-state index contributed by atoms with van der Waals surface area (Å²) < 4.78 is 26.3. The minimum absolute atomic E-state index is 0.245. The fourth-order valence-electron chi connectivity index (χ4n) is 1.72. The molecule has 4 nitrogen and oxygen atoms in total. The zero-order valence-electron chi connectivity index (χ0n) is 10.0. The Morgan fingerprint density at radius 2 is 1.89 bits per heavy atom. The summed E-state index contributed by atoms with van der Waals surface area (Å²) in [7, 11) is 0. The molecule has 0 amide bonds. The van der Waals surface area contributed by atoms with Crippen LogP contribution in [0.4, 0.5) is 14.5 Å². The quantitative estimate of drug-likeness (QED) is 0.788. The summed E-state index contributed by atoms with van der Waals surface area (Å²) in [5.41, 5.74) is 2.85. The van der Waals surface area contributed by atoms with E-state index in [-0.39, 0.29) is 6.54 Å². The van der Waals surface area contributed by atoms with E-state index >= 15 is 0 Å². The molecule has 0 spiro atoms. The second-order valence-electron chi connectivity index (χ2n) is 4.07. The predicted octanol–water partition coefficient (Wildman–Crippen LogP) is 2.62. The third-order valence-electron chi connectivity index (χ3n) is 2.67. The van der Waals surface area contributed by atoms with Gasteiger partial charge in [-0.15, -0.1) is 0 Å². The Morgan fingerprint density at radius 1 is 1.28 bits per heavy atom. The van der Waals surface area contributed by atoms with Crippen LogP contribution in [0.5, 0.6) is 5.75 Å². The van der Waals surface area contributed by atoms with Gasteiger partial charge in [0.1, 0.15) is 0 Å². The van der Waals surface area contributed by atoms with E-state index in [0.29, 0.717) is 5.56 Å². The van der Waals surface area contributed by atoms with Crippen molar-refractivity contribution in [3.8, 4) is 5.75 Å². The highest BCUT2D eigenvalue weighted by atomic mass is 19.1. The number of phenolic OH excluding ortho intramolecular Hbond substituents is 1. The number of aromatic hydroxyl groups is 1. The zero-order chi connectivity index (χ0) is 13.3. The smallest absolute Gasteiger partial charge is 0.187 e. The first-order valence-electron chi connectivity index (χ1n) is 5.41. The monoisotopic (exact) mass is 253 g/mol. The highest BCUT2D eigenvalue weighted by Crippen LogP contribution is 2.23. The third-order valence-corrected chi connectivity index (χ3v) is 2.67. The number of benzene rings is 1. The topological polar surface area (TPSA) is 60.9 Å². The molecular formula is C12H13F2N3O. The van der Waals surface area contributed by atoms with Crippen LogP contribution in [-0.2, 0) is 6.54 Å². The van der Waals surface area contributed by atoms with Crippen LogP contribution in [0.15, 0.2) is 12.1 Å². The van der Waals surface area contributed by atoms with Gasteiger partial charge >= 0.3 is 0 Å². The molecule has 2 aromatic rings. The maximum atomic E-state index is 13.1. The Hall–Kier alpha value is -2.11. The largest absolute Gasteiger partial charge is 0.503 e. The molecule has 0 aliphatic rings. The lowest BCUT2D eigenvalue weighted by atomic mass is 10.2. The summed E-state index contributed by atoms with van der Waals surface area (Å²) >= 11 is 0. The number of hydrogen-bond acceptors (Lipinski definition) is 3. The SMILES string of the molecule is Cc1n[nH]c(C)c1NCc1cc(F)c(O)c(F)c1. The average molecular weight is 253 g/mol. The van der Waals surface area contributed by atoms with Gasteiger partial charge in [0, 0.05) is 6.54 Å². The molecule has 96 valence electrons. The number of rotatable bonds is 3. The standard InChI is InChI=1S/C12H13F2N3O/c1-6-11(7(2)17-16-6)15-5-8-3-9(13)12(18)10(14)4-8/h3-4,15,18H,5H2,1-2H3,(H,16,17). The van der Waals surface area contributed by atoms with E-state index < -0.39 is 17.4 Å². The normalized spacial score (nSPS) is 10.7. The molecule has 0 saturated heterocycles. The minimum Gasteiger partial charge on any atom is -0.503 e. The zero-order valence-corrected chi connectivity index (χ0v) is 10.0. The summed E-state index contributed by atoms with van der Waals surface area (Å²) in [5.74, 6) is -2.88. The molecule has 6 heteroatoms. The van der Waals surface area contributed by atoms with Crippen LogP contribution < -0.4 is 5.32 Å². The lowest BCUT2D eigenvalue weighted by Crippen LogP contribution is -2.02. The first-order valence-corrected chi connectivity index (χ1v) is 5.41. The molecular weight excluding hydrogens is 240 g/mol. The van der Waals surface area contributed by atoms with E-state index in [2.05, 4.69) is 15.5 Å². The van der Waals surface area contributed by atoms with Crippen molar-refractivity contribution in [2.45, 2.75) is 20.4 Å². The highest BCUT2D eigenvalue weighted by molar-refractivity contribution is 5.51. The number of anilines is 1. The van der Waals surface area contributed by atoms with E-state index in [0.717, 1.165) is 29.2 Å². The van der Waals surface area contributed by atoms with E-state index in [1.807, 2.05) is 13.8 Å². The van der Waals surface area contributed by atoms with Gasteiger partial charge in [0.05, 0.1) is 17.1 Å². The van der Waals surface area contributed by atoms with Gasteiger partial charge in [0.2, 0.25) is 0 Å². The van der Waals surface area contributed by atoms with Crippen molar-refractivity contribution in [2.24, 2.45) is 0 Å². The van der Waals surface area contributed by atoms with Gasteiger partial charge < -0.3 is 10.4 Å². The maximum Gasteiger partial charge on any atom is 0.187 e. The highest BCUT2D eigenvalue weighted by Gasteiger charge is 2.10. The molecule has 0 fully saturated rings. The number of nitrogens with zero attached hydrogens (tertiary/aromatic N) is 1. The van der Waals surface area contributed by atoms with Crippen LogP contribution in [0.2, 0.25) is 0 Å².